The van der Waals surface area contributed by atoms with Gasteiger partial charge in [0.25, 0.3) is 0 Å². The molecule has 13 heavy (non-hydrogen) atoms. The molecule has 70 valence electrons. The lowest BCUT2D eigenvalue weighted by Crippen LogP contribution is -2.54. The highest BCUT2D eigenvalue weighted by Crippen LogP contribution is 2.48. The van der Waals surface area contributed by atoms with Crippen molar-refractivity contribution in [2.45, 2.75) is 31.8 Å². The summed E-state index contributed by atoms with van der Waals surface area (Å²) in [5.41, 5.74) is -1.01. The number of fused-ring (bicyclic) bond motifs is 3. The van der Waals surface area contributed by atoms with Crippen molar-refractivity contribution in [1.82, 2.24) is 0 Å². The molecule has 0 aliphatic heterocycles. The second kappa shape index (κ2) is 2.55. The van der Waals surface area contributed by atoms with Crippen LogP contribution >= 0.6 is 0 Å². The molecule has 0 saturated heterocycles. The lowest BCUT2D eigenvalue weighted by molar-refractivity contribution is -0.154. The van der Waals surface area contributed by atoms with Crippen molar-refractivity contribution >= 4 is 5.78 Å². The standard InChI is InChI=1S/C10H13NO2/c1-6-3-10(13)4-9(12)8(6)2-7(10)5-11/h6-8,13H,2-4H2,1H3/t6-,7+,8+,10+/m0/s1. The molecule has 0 aromatic rings. The third-order valence-corrected chi connectivity index (χ3v) is 3.55. The van der Waals surface area contributed by atoms with Crippen molar-refractivity contribution in [3.8, 4) is 6.07 Å². The third kappa shape index (κ3) is 1.09. The minimum atomic E-state index is -1.01. The van der Waals surface area contributed by atoms with E-state index in [0.717, 1.165) is 0 Å². The molecular formula is C10H13NO2. The first kappa shape index (κ1) is 8.71. The van der Waals surface area contributed by atoms with Gasteiger partial charge >= 0.3 is 0 Å². The number of carbonyl (C=O) groups excluding carboxylic acids is 1. The minimum Gasteiger partial charge on any atom is -0.388 e. The predicted molar refractivity (Wildman–Crippen MR) is 45.6 cm³/mol. The number of hydrogen-bond acceptors (Lipinski definition) is 3. The molecular weight excluding hydrogens is 166 g/mol. The van der Waals surface area contributed by atoms with E-state index in [0.29, 0.717) is 12.8 Å². The van der Waals surface area contributed by atoms with E-state index in [-0.39, 0.29) is 30.0 Å². The first-order chi connectivity index (χ1) is 6.07. The highest BCUT2D eigenvalue weighted by Gasteiger charge is 2.53. The molecule has 0 amide bonds. The van der Waals surface area contributed by atoms with Gasteiger partial charge in [0.15, 0.2) is 0 Å². The van der Waals surface area contributed by atoms with E-state index in [2.05, 4.69) is 6.07 Å². The normalized spacial score (nSPS) is 49.0. The van der Waals surface area contributed by atoms with E-state index >= 15 is 0 Å². The maximum absolute atomic E-state index is 11.5. The highest BCUT2D eigenvalue weighted by atomic mass is 16.3. The zero-order valence-electron chi connectivity index (χ0n) is 7.66. The SMILES string of the molecule is C[C@H]1C[C@@]2(O)CC(=O)[C@@H]1C[C@@H]2C#N. The average molecular weight is 179 g/mol. The van der Waals surface area contributed by atoms with Crippen molar-refractivity contribution in [3.05, 3.63) is 0 Å². The summed E-state index contributed by atoms with van der Waals surface area (Å²) >= 11 is 0. The van der Waals surface area contributed by atoms with Crippen LogP contribution in [0.4, 0.5) is 0 Å². The molecule has 0 radical (unpaired) electrons. The predicted octanol–water partition coefficient (Wildman–Crippen LogP) is 0.876. The summed E-state index contributed by atoms with van der Waals surface area (Å²) in [6.07, 6.45) is 1.37. The summed E-state index contributed by atoms with van der Waals surface area (Å²) in [5, 5.41) is 18.9. The topological polar surface area (TPSA) is 61.1 Å². The van der Waals surface area contributed by atoms with Crippen molar-refractivity contribution in [2.75, 3.05) is 0 Å². The van der Waals surface area contributed by atoms with E-state index < -0.39 is 5.60 Å². The fourth-order valence-corrected chi connectivity index (χ4v) is 2.80. The number of nitrogens with zero attached hydrogens (tertiary/aromatic N) is 1. The Kier molecular flexibility index (Phi) is 1.71. The van der Waals surface area contributed by atoms with Gasteiger partial charge in [-0.2, -0.15) is 5.26 Å². The Morgan fingerprint density at radius 3 is 2.85 bits per heavy atom. The number of carbonyl (C=O) groups is 1. The largest absolute Gasteiger partial charge is 0.388 e. The van der Waals surface area contributed by atoms with Crippen molar-refractivity contribution in [2.24, 2.45) is 17.8 Å². The Morgan fingerprint density at radius 2 is 2.38 bits per heavy atom. The molecule has 3 aliphatic carbocycles. The van der Waals surface area contributed by atoms with Gasteiger partial charge in [-0.15, -0.1) is 0 Å². The molecule has 3 saturated carbocycles. The van der Waals surface area contributed by atoms with Crippen molar-refractivity contribution in [1.29, 1.82) is 5.26 Å². The second-order valence-corrected chi connectivity index (χ2v) is 4.45. The lowest BCUT2D eigenvalue weighted by Gasteiger charge is -2.48. The fraction of sp³-hybridized carbons (Fsp3) is 0.800. The third-order valence-electron chi connectivity index (χ3n) is 3.55. The van der Waals surface area contributed by atoms with E-state index in [1.165, 1.54) is 0 Å². The smallest absolute Gasteiger partial charge is 0.139 e. The Morgan fingerprint density at radius 1 is 1.69 bits per heavy atom. The molecule has 3 fully saturated rings. The molecule has 3 aliphatic rings. The zero-order valence-corrected chi connectivity index (χ0v) is 7.66. The van der Waals surface area contributed by atoms with Crippen LogP contribution in [-0.4, -0.2) is 16.5 Å². The Labute approximate surface area is 77.4 Å². The summed E-state index contributed by atoms with van der Waals surface area (Å²) < 4.78 is 0. The van der Waals surface area contributed by atoms with E-state index in [1.54, 1.807) is 0 Å². The van der Waals surface area contributed by atoms with Gasteiger partial charge < -0.3 is 5.11 Å². The fourth-order valence-electron chi connectivity index (χ4n) is 2.80. The summed E-state index contributed by atoms with van der Waals surface area (Å²) in [6, 6.07) is 2.11. The second-order valence-electron chi connectivity index (χ2n) is 4.45. The minimum absolute atomic E-state index is 0.0266. The van der Waals surface area contributed by atoms with Crippen molar-refractivity contribution < 1.29 is 9.90 Å². The van der Waals surface area contributed by atoms with Gasteiger partial charge in [0.2, 0.25) is 0 Å². The molecule has 4 atom stereocenters. The molecule has 0 spiro atoms. The molecule has 2 bridgehead atoms. The van der Waals surface area contributed by atoms with Crippen LogP contribution in [-0.2, 0) is 4.79 Å². The molecule has 0 heterocycles. The van der Waals surface area contributed by atoms with E-state index in [1.807, 2.05) is 6.92 Å². The Balaban J connectivity index is 2.33. The van der Waals surface area contributed by atoms with Gasteiger partial charge in [-0.05, 0) is 18.8 Å². The van der Waals surface area contributed by atoms with E-state index in [4.69, 9.17) is 5.26 Å². The van der Waals surface area contributed by atoms with Gasteiger partial charge in [-0.3, -0.25) is 4.79 Å². The van der Waals surface area contributed by atoms with Crippen LogP contribution in [0.1, 0.15) is 26.2 Å². The Hall–Kier alpha value is -0.880. The highest BCUT2D eigenvalue weighted by molar-refractivity contribution is 5.84. The molecule has 1 N–H and O–H groups in total. The molecule has 0 aromatic carbocycles. The van der Waals surface area contributed by atoms with Crippen LogP contribution in [0.3, 0.4) is 0 Å². The lowest BCUT2D eigenvalue weighted by atomic mass is 9.57. The van der Waals surface area contributed by atoms with Crippen LogP contribution < -0.4 is 0 Å². The van der Waals surface area contributed by atoms with Gasteiger partial charge in [0, 0.05) is 12.3 Å². The Bertz CT molecular complexity index is 294. The molecule has 3 heteroatoms. The number of rotatable bonds is 0. The summed E-state index contributed by atoms with van der Waals surface area (Å²) in [4.78, 5) is 11.5. The molecule has 0 aromatic heterocycles. The maximum atomic E-state index is 11.5. The van der Waals surface area contributed by atoms with Crippen LogP contribution in [0.5, 0.6) is 0 Å². The van der Waals surface area contributed by atoms with Crippen molar-refractivity contribution in [3.63, 3.8) is 0 Å². The maximum Gasteiger partial charge on any atom is 0.139 e. The summed E-state index contributed by atoms with van der Waals surface area (Å²) in [7, 11) is 0. The molecule has 0 unspecified atom stereocenters. The first-order valence-electron chi connectivity index (χ1n) is 4.71. The van der Waals surface area contributed by atoms with Crippen LogP contribution in [0, 0.1) is 29.1 Å². The zero-order chi connectivity index (χ0) is 9.64. The van der Waals surface area contributed by atoms with Crippen LogP contribution in [0.15, 0.2) is 0 Å². The summed E-state index contributed by atoms with van der Waals surface area (Å²) in [6.45, 7) is 1.99. The van der Waals surface area contributed by atoms with Gasteiger partial charge in [-0.1, -0.05) is 6.92 Å². The van der Waals surface area contributed by atoms with E-state index in [9.17, 15) is 9.90 Å². The number of aliphatic hydroxyl groups is 1. The summed E-state index contributed by atoms with van der Waals surface area (Å²) in [5.74, 6) is 0.0914. The average Bonchev–Trinajstić information content (AvgIpc) is 2.02. The number of hydrogen-bond donors (Lipinski definition) is 1. The monoisotopic (exact) mass is 179 g/mol. The number of nitriles is 1. The first-order valence-corrected chi connectivity index (χ1v) is 4.71. The van der Waals surface area contributed by atoms with Crippen LogP contribution in [0.25, 0.3) is 0 Å². The molecule has 3 rings (SSSR count). The van der Waals surface area contributed by atoms with Gasteiger partial charge in [0.1, 0.15) is 5.78 Å². The van der Waals surface area contributed by atoms with Gasteiger partial charge in [0.05, 0.1) is 17.6 Å². The van der Waals surface area contributed by atoms with Crippen LogP contribution in [0.2, 0.25) is 0 Å². The number of Topliss-reactive ketones (excluding diaryl/α,β-unsaturated/α-hetero) is 1. The number of ketones is 1. The molecule has 3 nitrogen and oxygen atoms in total. The quantitative estimate of drug-likeness (QED) is 0.600. The van der Waals surface area contributed by atoms with Gasteiger partial charge in [-0.25, -0.2) is 0 Å².